The number of benzene rings is 1. The van der Waals surface area contributed by atoms with Gasteiger partial charge in [-0.15, -0.1) is 0 Å². The first-order valence-corrected chi connectivity index (χ1v) is 6.40. The fraction of sp³-hybridized carbons (Fsp3) is 0.400. The number of hydrogen-bond donors (Lipinski definition) is 0. The fourth-order valence-electron chi connectivity index (χ4n) is 2.31. The van der Waals surface area contributed by atoms with Crippen LogP contribution in [0.4, 0.5) is 0 Å². The minimum absolute atomic E-state index is 0.706. The molecule has 0 N–H and O–H groups in total. The van der Waals surface area contributed by atoms with E-state index in [1.165, 1.54) is 35.2 Å². The summed E-state index contributed by atoms with van der Waals surface area (Å²) in [4.78, 5) is 0. The van der Waals surface area contributed by atoms with E-state index in [9.17, 15) is 0 Å². The van der Waals surface area contributed by atoms with Crippen LogP contribution in [0.1, 0.15) is 36.9 Å². The molecule has 1 aliphatic carbocycles. The lowest BCUT2D eigenvalue weighted by Gasteiger charge is -2.02. The molecular weight excluding hydrogens is 208 g/mol. The summed E-state index contributed by atoms with van der Waals surface area (Å²) in [5.41, 5.74) is 5.30. The van der Waals surface area contributed by atoms with Crippen molar-refractivity contribution in [1.29, 1.82) is 0 Å². The molecule has 0 saturated heterocycles. The van der Waals surface area contributed by atoms with Crippen molar-refractivity contribution in [1.82, 2.24) is 9.78 Å². The Morgan fingerprint density at radius 1 is 1.24 bits per heavy atom. The Kier molecular flexibility index (Phi) is 2.50. The van der Waals surface area contributed by atoms with Crippen molar-refractivity contribution in [2.75, 3.05) is 0 Å². The number of nitrogens with zero attached hydrogens (tertiary/aromatic N) is 2. The first-order valence-electron chi connectivity index (χ1n) is 6.40. The first kappa shape index (κ1) is 10.6. The van der Waals surface area contributed by atoms with Crippen LogP contribution in [0.15, 0.2) is 30.5 Å². The van der Waals surface area contributed by atoms with Gasteiger partial charge in [-0.05, 0) is 30.4 Å². The molecule has 0 unspecified atom stereocenters. The normalized spacial score (nSPS) is 15.2. The maximum absolute atomic E-state index is 4.61. The van der Waals surface area contributed by atoms with Crippen LogP contribution in [0, 0.1) is 0 Å². The lowest BCUT2D eigenvalue weighted by atomic mass is 10.0. The Hall–Kier alpha value is -1.57. The second-order valence-electron chi connectivity index (χ2n) is 4.93. The summed E-state index contributed by atoms with van der Waals surface area (Å²) >= 11 is 0. The van der Waals surface area contributed by atoms with Crippen LogP contribution >= 0.6 is 0 Å². The van der Waals surface area contributed by atoms with Crippen molar-refractivity contribution in [2.45, 2.75) is 32.1 Å². The molecule has 2 nitrogen and oxygen atoms in total. The molecule has 0 spiro atoms. The Bertz CT molecular complexity index is 518. The quantitative estimate of drug-likeness (QED) is 0.783. The zero-order chi connectivity index (χ0) is 11.8. The smallest absolute Gasteiger partial charge is 0.0733 e. The Morgan fingerprint density at radius 3 is 2.53 bits per heavy atom. The van der Waals surface area contributed by atoms with Crippen LogP contribution in [0.3, 0.4) is 0 Å². The van der Waals surface area contributed by atoms with Gasteiger partial charge in [0.15, 0.2) is 0 Å². The van der Waals surface area contributed by atoms with E-state index < -0.39 is 0 Å². The Balaban J connectivity index is 2.01. The van der Waals surface area contributed by atoms with E-state index in [0.29, 0.717) is 5.92 Å². The Morgan fingerprint density at radius 2 is 1.94 bits per heavy atom. The molecule has 17 heavy (non-hydrogen) atoms. The first-order chi connectivity index (χ1) is 8.28. The Labute approximate surface area is 102 Å². The SMILES string of the molecule is CCc1ccc(-c2cn(C)nc2C2CC2)cc1. The lowest BCUT2D eigenvalue weighted by molar-refractivity contribution is 0.744. The highest BCUT2D eigenvalue weighted by Crippen LogP contribution is 2.43. The molecule has 2 aromatic rings. The van der Waals surface area contributed by atoms with Crippen molar-refractivity contribution in [3.05, 3.63) is 41.7 Å². The minimum Gasteiger partial charge on any atom is -0.275 e. The summed E-state index contributed by atoms with van der Waals surface area (Å²) in [6.07, 6.45) is 5.85. The van der Waals surface area contributed by atoms with E-state index in [2.05, 4.69) is 42.5 Å². The van der Waals surface area contributed by atoms with Gasteiger partial charge >= 0.3 is 0 Å². The molecule has 3 rings (SSSR count). The third kappa shape index (κ3) is 1.99. The summed E-state index contributed by atoms with van der Waals surface area (Å²) in [5, 5.41) is 4.61. The molecule has 1 saturated carbocycles. The van der Waals surface area contributed by atoms with Gasteiger partial charge in [0, 0.05) is 24.7 Å². The summed E-state index contributed by atoms with van der Waals surface area (Å²) in [7, 11) is 2.01. The summed E-state index contributed by atoms with van der Waals surface area (Å²) in [6.45, 7) is 2.19. The zero-order valence-electron chi connectivity index (χ0n) is 10.5. The topological polar surface area (TPSA) is 17.8 Å². The number of rotatable bonds is 3. The number of aryl methyl sites for hydroxylation is 2. The zero-order valence-corrected chi connectivity index (χ0v) is 10.5. The highest BCUT2D eigenvalue weighted by molar-refractivity contribution is 5.66. The van der Waals surface area contributed by atoms with Crippen LogP contribution in [0.25, 0.3) is 11.1 Å². The van der Waals surface area contributed by atoms with Crippen molar-refractivity contribution >= 4 is 0 Å². The van der Waals surface area contributed by atoms with Crippen LogP contribution in [-0.4, -0.2) is 9.78 Å². The van der Waals surface area contributed by atoms with Gasteiger partial charge in [0.2, 0.25) is 0 Å². The molecule has 2 heteroatoms. The molecule has 88 valence electrons. The van der Waals surface area contributed by atoms with E-state index >= 15 is 0 Å². The van der Waals surface area contributed by atoms with Crippen molar-refractivity contribution in [3.8, 4) is 11.1 Å². The van der Waals surface area contributed by atoms with Gasteiger partial charge < -0.3 is 0 Å². The number of hydrogen-bond acceptors (Lipinski definition) is 1. The highest BCUT2D eigenvalue weighted by Gasteiger charge is 2.29. The van der Waals surface area contributed by atoms with Crippen molar-refractivity contribution in [3.63, 3.8) is 0 Å². The lowest BCUT2D eigenvalue weighted by Crippen LogP contribution is -1.89. The van der Waals surface area contributed by atoms with Gasteiger partial charge in [-0.2, -0.15) is 5.10 Å². The van der Waals surface area contributed by atoms with E-state index in [1.54, 1.807) is 0 Å². The van der Waals surface area contributed by atoms with Gasteiger partial charge in [0.1, 0.15) is 0 Å². The predicted octanol–water partition coefficient (Wildman–Crippen LogP) is 3.53. The predicted molar refractivity (Wildman–Crippen MR) is 70.0 cm³/mol. The molecule has 1 fully saturated rings. The molecule has 0 bridgehead atoms. The highest BCUT2D eigenvalue weighted by atomic mass is 15.3. The fourth-order valence-corrected chi connectivity index (χ4v) is 2.31. The average molecular weight is 226 g/mol. The molecule has 0 amide bonds. The second kappa shape index (κ2) is 4.02. The van der Waals surface area contributed by atoms with E-state index in [1.807, 2.05) is 11.7 Å². The standard InChI is InChI=1S/C15H18N2/c1-3-11-4-6-12(7-5-11)14-10-17(2)16-15(14)13-8-9-13/h4-7,10,13H,3,8-9H2,1-2H3. The molecule has 1 aliphatic rings. The molecule has 1 heterocycles. The van der Waals surface area contributed by atoms with Crippen LogP contribution < -0.4 is 0 Å². The molecule has 0 radical (unpaired) electrons. The van der Waals surface area contributed by atoms with Crippen molar-refractivity contribution in [2.24, 2.45) is 7.05 Å². The molecular formula is C15H18N2. The molecule has 1 aromatic heterocycles. The third-order valence-electron chi connectivity index (χ3n) is 3.49. The third-order valence-corrected chi connectivity index (χ3v) is 3.49. The second-order valence-corrected chi connectivity index (χ2v) is 4.93. The van der Waals surface area contributed by atoms with Crippen molar-refractivity contribution < 1.29 is 0 Å². The van der Waals surface area contributed by atoms with Gasteiger partial charge in [-0.1, -0.05) is 31.2 Å². The largest absolute Gasteiger partial charge is 0.275 e. The van der Waals surface area contributed by atoms with E-state index in [0.717, 1.165) is 6.42 Å². The molecule has 1 aromatic carbocycles. The van der Waals surface area contributed by atoms with Gasteiger partial charge in [0.05, 0.1) is 5.69 Å². The maximum atomic E-state index is 4.61. The maximum Gasteiger partial charge on any atom is 0.0733 e. The van der Waals surface area contributed by atoms with Gasteiger partial charge in [0.25, 0.3) is 0 Å². The summed E-state index contributed by atoms with van der Waals surface area (Å²) in [5.74, 6) is 0.706. The number of aromatic nitrogens is 2. The van der Waals surface area contributed by atoms with E-state index in [-0.39, 0.29) is 0 Å². The van der Waals surface area contributed by atoms with Crippen LogP contribution in [0.2, 0.25) is 0 Å². The molecule has 0 aliphatic heterocycles. The molecule has 0 atom stereocenters. The average Bonchev–Trinajstić information content (AvgIpc) is 3.13. The van der Waals surface area contributed by atoms with E-state index in [4.69, 9.17) is 0 Å². The van der Waals surface area contributed by atoms with Gasteiger partial charge in [-0.25, -0.2) is 0 Å². The van der Waals surface area contributed by atoms with Crippen LogP contribution in [0.5, 0.6) is 0 Å². The van der Waals surface area contributed by atoms with Crippen LogP contribution in [-0.2, 0) is 13.5 Å². The summed E-state index contributed by atoms with van der Waals surface area (Å²) < 4.78 is 1.94. The summed E-state index contributed by atoms with van der Waals surface area (Å²) in [6, 6.07) is 8.89. The minimum atomic E-state index is 0.706. The van der Waals surface area contributed by atoms with Gasteiger partial charge in [-0.3, -0.25) is 4.68 Å². The monoisotopic (exact) mass is 226 g/mol.